The van der Waals surface area contributed by atoms with Gasteiger partial charge in [-0.1, -0.05) is 12.8 Å². The molecule has 0 bridgehead atoms. The van der Waals surface area contributed by atoms with Crippen LogP contribution in [-0.2, 0) is 0 Å². The summed E-state index contributed by atoms with van der Waals surface area (Å²) in [5, 5.41) is 3.48. The summed E-state index contributed by atoms with van der Waals surface area (Å²) in [6.07, 6.45) is 5.42. The lowest BCUT2D eigenvalue weighted by Crippen LogP contribution is -2.42. The zero-order chi connectivity index (χ0) is 7.03. The summed E-state index contributed by atoms with van der Waals surface area (Å²) >= 11 is 0. The van der Waals surface area contributed by atoms with Crippen LogP contribution in [0.5, 0.6) is 0 Å². The molecule has 0 radical (unpaired) electrons. The number of hydrogen-bond acceptors (Lipinski definition) is 2. The average Bonchev–Trinajstić information content (AvgIpc) is 2.46. The fraction of sp³-hybridized carbons (Fsp3) is 0.875. The van der Waals surface area contributed by atoms with E-state index in [1.165, 1.54) is 25.7 Å². The second-order valence-electron chi connectivity index (χ2n) is 3.51. The van der Waals surface area contributed by atoms with Crippen LogP contribution in [0.25, 0.3) is 0 Å². The van der Waals surface area contributed by atoms with Crippen molar-refractivity contribution in [3.8, 4) is 0 Å². The van der Waals surface area contributed by atoms with Crippen molar-refractivity contribution in [2.75, 3.05) is 6.54 Å². The lowest BCUT2D eigenvalue weighted by Gasteiger charge is -2.22. The molecule has 1 fully saturated rings. The summed E-state index contributed by atoms with van der Waals surface area (Å²) < 4.78 is 0. The number of hydrogen-bond donors (Lipinski definition) is 1. The van der Waals surface area contributed by atoms with Crippen molar-refractivity contribution >= 4 is 18.2 Å². The largest absolute Gasteiger partial charge is 0.367 e. The Kier molecular flexibility index (Phi) is 2.43. The van der Waals surface area contributed by atoms with Crippen molar-refractivity contribution < 1.29 is 0 Å². The number of rotatable bonds is 0. The Balaban J connectivity index is 0.000000605. The monoisotopic (exact) mass is 174 g/mol. The molecule has 0 unspecified atom stereocenters. The van der Waals surface area contributed by atoms with Gasteiger partial charge in [-0.05, 0) is 19.8 Å². The predicted molar refractivity (Wildman–Crippen MR) is 49.6 cm³/mol. The van der Waals surface area contributed by atoms with Gasteiger partial charge in [-0.25, -0.2) is 0 Å². The Morgan fingerprint density at radius 2 is 2.00 bits per heavy atom. The van der Waals surface area contributed by atoms with Crippen molar-refractivity contribution in [2.45, 2.75) is 38.1 Å². The molecule has 2 nitrogen and oxygen atoms in total. The molecule has 64 valence electrons. The summed E-state index contributed by atoms with van der Waals surface area (Å²) in [6, 6.07) is 0. The smallest absolute Gasteiger partial charge is 0.0937 e. The Hall–Kier alpha value is -0.240. The second-order valence-corrected chi connectivity index (χ2v) is 3.51. The van der Waals surface area contributed by atoms with Gasteiger partial charge >= 0.3 is 0 Å². The van der Waals surface area contributed by atoms with Crippen molar-refractivity contribution in [3.05, 3.63) is 0 Å². The SMILES string of the molecule is CC1=NCC2(CCCC2)N1.Cl. The molecular formula is C8H15ClN2. The number of amidine groups is 1. The molecule has 1 spiro atoms. The highest BCUT2D eigenvalue weighted by molar-refractivity contribution is 5.85. The predicted octanol–water partition coefficient (Wildman–Crippen LogP) is 1.74. The van der Waals surface area contributed by atoms with Gasteiger partial charge in [-0.2, -0.15) is 0 Å². The van der Waals surface area contributed by atoms with Gasteiger partial charge < -0.3 is 5.32 Å². The Labute approximate surface area is 73.9 Å². The van der Waals surface area contributed by atoms with Crippen LogP contribution < -0.4 is 5.32 Å². The maximum atomic E-state index is 4.38. The number of halogens is 1. The fourth-order valence-electron chi connectivity index (χ4n) is 2.07. The van der Waals surface area contributed by atoms with E-state index in [1.54, 1.807) is 0 Å². The quantitative estimate of drug-likeness (QED) is 0.595. The van der Waals surface area contributed by atoms with Crippen LogP contribution in [-0.4, -0.2) is 17.9 Å². The Morgan fingerprint density at radius 3 is 2.45 bits per heavy atom. The van der Waals surface area contributed by atoms with Crippen LogP contribution in [0.2, 0.25) is 0 Å². The van der Waals surface area contributed by atoms with Crippen molar-refractivity contribution in [1.82, 2.24) is 5.32 Å². The summed E-state index contributed by atoms with van der Waals surface area (Å²) in [5.41, 5.74) is 0.407. The van der Waals surface area contributed by atoms with E-state index in [0.717, 1.165) is 12.4 Å². The number of nitrogens with zero attached hydrogens (tertiary/aromatic N) is 1. The molecule has 1 aliphatic carbocycles. The van der Waals surface area contributed by atoms with Gasteiger partial charge in [-0.3, -0.25) is 4.99 Å². The molecule has 1 N–H and O–H groups in total. The van der Waals surface area contributed by atoms with Crippen LogP contribution >= 0.6 is 12.4 Å². The van der Waals surface area contributed by atoms with Crippen molar-refractivity contribution in [1.29, 1.82) is 0 Å². The first-order valence-corrected chi connectivity index (χ1v) is 4.10. The molecule has 0 aromatic carbocycles. The zero-order valence-electron chi connectivity index (χ0n) is 6.89. The topological polar surface area (TPSA) is 24.4 Å². The standard InChI is InChI=1S/C8H14N2.ClH/c1-7-9-6-8(10-7)4-2-3-5-8;/h2-6H2,1H3,(H,9,10);1H. The van der Waals surface area contributed by atoms with Crippen LogP contribution in [0.1, 0.15) is 32.6 Å². The van der Waals surface area contributed by atoms with Crippen LogP contribution in [0.15, 0.2) is 4.99 Å². The van der Waals surface area contributed by atoms with E-state index in [1.807, 2.05) is 0 Å². The first-order valence-electron chi connectivity index (χ1n) is 4.10. The lowest BCUT2D eigenvalue weighted by atomic mass is 9.99. The van der Waals surface area contributed by atoms with E-state index < -0.39 is 0 Å². The Bertz CT molecular complexity index is 171. The number of nitrogens with one attached hydrogen (secondary N) is 1. The summed E-state index contributed by atoms with van der Waals surface area (Å²) in [5.74, 6) is 1.14. The third-order valence-corrected chi connectivity index (χ3v) is 2.63. The van der Waals surface area contributed by atoms with Crippen molar-refractivity contribution in [3.63, 3.8) is 0 Å². The lowest BCUT2D eigenvalue weighted by molar-refractivity contribution is 0.427. The van der Waals surface area contributed by atoms with Gasteiger partial charge in [0.05, 0.1) is 17.9 Å². The molecular weight excluding hydrogens is 160 g/mol. The van der Waals surface area contributed by atoms with E-state index in [0.29, 0.717) is 5.54 Å². The average molecular weight is 175 g/mol. The first kappa shape index (κ1) is 8.85. The maximum absolute atomic E-state index is 4.38. The molecule has 3 heteroatoms. The fourth-order valence-corrected chi connectivity index (χ4v) is 2.07. The molecule has 0 amide bonds. The number of aliphatic imine (C=N–C) groups is 1. The van der Waals surface area contributed by atoms with Gasteiger partial charge in [0.25, 0.3) is 0 Å². The van der Waals surface area contributed by atoms with Crippen LogP contribution in [0.4, 0.5) is 0 Å². The highest BCUT2D eigenvalue weighted by Crippen LogP contribution is 2.31. The van der Waals surface area contributed by atoms with Crippen LogP contribution in [0.3, 0.4) is 0 Å². The summed E-state index contributed by atoms with van der Waals surface area (Å²) in [6.45, 7) is 3.09. The van der Waals surface area contributed by atoms with E-state index in [2.05, 4.69) is 17.2 Å². The molecule has 0 aromatic heterocycles. The van der Waals surface area contributed by atoms with E-state index in [4.69, 9.17) is 0 Å². The maximum Gasteiger partial charge on any atom is 0.0937 e. The minimum absolute atomic E-state index is 0. The second kappa shape index (κ2) is 3.02. The molecule has 1 aliphatic heterocycles. The van der Waals surface area contributed by atoms with E-state index in [-0.39, 0.29) is 12.4 Å². The summed E-state index contributed by atoms with van der Waals surface area (Å²) in [7, 11) is 0. The molecule has 0 saturated heterocycles. The highest BCUT2D eigenvalue weighted by atomic mass is 35.5. The Morgan fingerprint density at radius 1 is 1.36 bits per heavy atom. The minimum Gasteiger partial charge on any atom is -0.367 e. The molecule has 0 aromatic rings. The summed E-state index contributed by atoms with van der Waals surface area (Å²) in [4.78, 5) is 4.38. The molecule has 2 aliphatic rings. The molecule has 1 saturated carbocycles. The molecule has 2 rings (SSSR count). The van der Waals surface area contributed by atoms with E-state index in [9.17, 15) is 0 Å². The van der Waals surface area contributed by atoms with E-state index >= 15 is 0 Å². The van der Waals surface area contributed by atoms with Gasteiger partial charge in [0.15, 0.2) is 0 Å². The van der Waals surface area contributed by atoms with Gasteiger partial charge in [0.2, 0.25) is 0 Å². The third-order valence-electron chi connectivity index (χ3n) is 2.63. The third kappa shape index (κ3) is 1.51. The normalized spacial score (nSPS) is 26.1. The van der Waals surface area contributed by atoms with Crippen molar-refractivity contribution in [2.24, 2.45) is 4.99 Å². The minimum atomic E-state index is 0. The van der Waals surface area contributed by atoms with Crippen LogP contribution in [0, 0.1) is 0 Å². The molecule has 1 heterocycles. The molecule has 0 atom stereocenters. The zero-order valence-corrected chi connectivity index (χ0v) is 7.71. The van der Waals surface area contributed by atoms with Gasteiger partial charge in [0, 0.05) is 0 Å². The molecule has 11 heavy (non-hydrogen) atoms. The first-order chi connectivity index (χ1) is 4.81. The highest BCUT2D eigenvalue weighted by Gasteiger charge is 2.36. The van der Waals surface area contributed by atoms with Gasteiger partial charge in [0.1, 0.15) is 0 Å². The van der Waals surface area contributed by atoms with Gasteiger partial charge in [-0.15, -0.1) is 12.4 Å².